The van der Waals surface area contributed by atoms with Gasteiger partial charge in [-0.3, -0.25) is 0 Å². The van der Waals surface area contributed by atoms with Crippen LogP contribution < -0.4 is 10.1 Å². The molecule has 1 aliphatic heterocycles. The lowest BCUT2D eigenvalue weighted by molar-refractivity contribution is 0.204. The average Bonchev–Trinajstić information content (AvgIpc) is 2.87. The summed E-state index contributed by atoms with van der Waals surface area (Å²) in [5, 5.41) is 3.39. The SMILES string of the molecule is CC1CCC(Oc2cccc3c2CCN3)C1. The maximum Gasteiger partial charge on any atom is 0.125 e. The lowest BCUT2D eigenvalue weighted by Crippen LogP contribution is -2.12. The van der Waals surface area contributed by atoms with Crippen LogP contribution in [0.2, 0.25) is 0 Å². The highest BCUT2D eigenvalue weighted by atomic mass is 16.5. The van der Waals surface area contributed by atoms with Crippen LogP contribution in [0.3, 0.4) is 0 Å². The fraction of sp³-hybridized carbons (Fsp3) is 0.571. The number of ether oxygens (including phenoxy) is 1. The molecule has 2 unspecified atom stereocenters. The summed E-state index contributed by atoms with van der Waals surface area (Å²) in [7, 11) is 0. The normalized spacial score (nSPS) is 27.6. The van der Waals surface area contributed by atoms with E-state index in [1.165, 1.54) is 30.5 Å². The van der Waals surface area contributed by atoms with Gasteiger partial charge in [0, 0.05) is 17.8 Å². The predicted octanol–water partition coefficient (Wildman–Crippen LogP) is 3.22. The van der Waals surface area contributed by atoms with Gasteiger partial charge in [-0.05, 0) is 43.7 Å². The number of anilines is 1. The quantitative estimate of drug-likeness (QED) is 0.821. The molecule has 1 saturated carbocycles. The van der Waals surface area contributed by atoms with E-state index in [4.69, 9.17) is 4.74 Å². The van der Waals surface area contributed by atoms with Crippen molar-refractivity contribution < 1.29 is 4.74 Å². The Morgan fingerprint density at radius 2 is 2.25 bits per heavy atom. The molecule has 0 aromatic heterocycles. The van der Waals surface area contributed by atoms with Crippen molar-refractivity contribution in [2.45, 2.75) is 38.7 Å². The van der Waals surface area contributed by atoms with Gasteiger partial charge in [-0.1, -0.05) is 13.0 Å². The largest absolute Gasteiger partial charge is 0.490 e. The molecule has 2 aliphatic rings. The lowest BCUT2D eigenvalue weighted by atomic mass is 10.1. The Hall–Kier alpha value is -1.18. The zero-order valence-electron chi connectivity index (χ0n) is 9.83. The zero-order chi connectivity index (χ0) is 11.0. The van der Waals surface area contributed by atoms with Gasteiger partial charge in [-0.15, -0.1) is 0 Å². The van der Waals surface area contributed by atoms with Crippen molar-refractivity contribution in [1.82, 2.24) is 0 Å². The molecule has 0 amide bonds. The van der Waals surface area contributed by atoms with E-state index < -0.39 is 0 Å². The molecule has 0 saturated heterocycles. The fourth-order valence-corrected chi connectivity index (χ4v) is 2.86. The third kappa shape index (κ3) is 1.77. The second-order valence-corrected chi connectivity index (χ2v) is 5.12. The predicted molar refractivity (Wildman–Crippen MR) is 66.1 cm³/mol. The van der Waals surface area contributed by atoms with E-state index in [1.807, 2.05) is 0 Å². The summed E-state index contributed by atoms with van der Waals surface area (Å²) in [5.74, 6) is 1.95. The van der Waals surface area contributed by atoms with Crippen molar-refractivity contribution in [3.05, 3.63) is 23.8 Å². The Bertz CT molecular complexity index is 388. The standard InChI is InChI=1S/C14H19NO/c1-10-5-6-11(9-10)16-14-4-2-3-13-12(14)7-8-15-13/h2-4,10-11,15H,5-9H2,1H3. The van der Waals surface area contributed by atoms with Gasteiger partial charge in [0.1, 0.15) is 5.75 Å². The van der Waals surface area contributed by atoms with Gasteiger partial charge in [0.2, 0.25) is 0 Å². The van der Waals surface area contributed by atoms with E-state index in [-0.39, 0.29) is 0 Å². The molecule has 0 radical (unpaired) electrons. The van der Waals surface area contributed by atoms with Crippen LogP contribution in [-0.4, -0.2) is 12.6 Å². The molecule has 1 heterocycles. The van der Waals surface area contributed by atoms with Crippen LogP contribution in [0, 0.1) is 5.92 Å². The lowest BCUT2D eigenvalue weighted by Gasteiger charge is -2.16. The smallest absolute Gasteiger partial charge is 0.125 e. The van der Waals surface area contributed by atoms with Gasteiger partial charge in [0.15, 0.2) is 0 Å². The number of benzene rings is 1. The Kier molecular flexibility index (Phi) is 2.50. The first-order valence-corrected chi connectivity index (χ1v) is 6.35. The van der Waals surface area contributed by atoms with E-state index in [0.717, 1.165) is 24.6 Å². The van der Waals surface area contributed by atoms with E-state index in [0.29, 0.717) is 6.10 Å². The van der Waals surface area contributed by atoms with Crippen LogP contribution in [0.4, 0.5) is 5.69 Å². The summed E-state index contributed by atoms with van der Waals surface area (Å²) in [6, 6.07) is 6.35. The maximum atomic E-state index is 6.15. The molecule has 1 fully saturated rings. The Labute approximate surface area is 97.0 Å². The van der Waals surface area contributed by atoms with Crippen molar-refractivity contribution in [2.24, 2.45) is 5.92 Å². The first-order valence-electron chi connectivity index (χ1n) is 6.35. The highest BCUT2D eigenvalue weighted by molar-refractivity contribution is 5.61. The summed E-state index contributed by atoms with van der Waals surface area (Å²) in [5.41, 5.74) is 2.64. The van der Waals surface area contributed by atoms with E-state index in [2.05, 4.69) is 30.4 Å². The third-order valence-electron chi connectivity index (χ3n) is 3.76. The molecular weight excluding hydrogens is 198 g/mol. The molecular formula is C14H19NO. The Morgan fingerprint density at radius 1 is 1.31 bits per heavy atom. The molecule has 1 aliphatic carbocycles. The first kappa shape index (κ1) is 10.0. The van der Waals surface area contributed by atoms with Crippen molar-refractivity contribution in [1.29, 1.82) is 0 Å². The topological polar surface area (TPSA) is 21.3 Å². The van der Waals surface area contributed by atoms with Crippen LogP contribution >= 0.6 is 0 Å². The minimum Gasteiger partial charge on any atom is -0.490 e. The molecule has 0 spiro atoms. The summed E-state index contributed by atoms with van der Waals surface area (Å²) < 4.78 is 6.15. The van der Waals surface area contributed by atoms with Crippen molar-refractivity contribution in [2.75, 3.05) is 11.9 Å². The van der Waals surface area contributed by atoms with Gasteiger partial charge >= 0.3 is 0 Å². The monoisotopic (exact) mass is 217 g/mol. The van der Waals surface area contributed by atoms with Gasteiger partial charge < -0.3 is 10.1 Å². The summed E-state index contributed by atoms with van der Waals surface area (Å²) in [6.45, 7) is 3.37. The molecule has 2 heteroatoms. The second kappa shape index (κ2) is 4.00. The van der Waals surface area contributed by atoms with Crippen LogP contribution in [0.5, 0.6) is 5.75 Å². The maximum absolute atomic E-state index is 6.15. The molecule has 1 aromatic carbocycles. The molecule has 1 N–H and O–H groups in total. The van der Waals surface area contributed by atoms with Gasteiger partial charge in [0.05, 0.1) is 6.10 Å². The zero-order valence-corrected chi connectivity index (χ0v) is 9.83. The number of nitrogens with one attached hydrogen (secondary N) is 1. The molecule has 2 atom stereocenters. The van der Waals surface area contributed by atoms with Crippen molar-refractivity contribution in [3.63, 3.8) is 0 Å². The van der Waals surface area contributed by atoms with Crippen molar-refractivity contribution >= 4 is 5.69 Å². The highest BCUT2D eigenvalue weighted by Gasteiger charge is 2.24. The molecule has 1 aromatic rings. The Morgan fingerprint density at radius 3 is 3.06 bits per heavy atom. The van der Waals surface area contributed by atoms with E-state index in [1.54, 1.807) is 0 Å². The van der Waals surface area contributed by atoms with Crippen LogP contribution in [0.1, 0.15) is 31.7 Å². The number of hydrogen-bond acceptors (Lipinski definition) is 2. The average molecular weight is 217 g/mol. The van der Waals surface area contributed by atoms with Crippen LogP contribution in [0.25, 0.3) is 0 Å². The Balaban J connectivity index is 1.77. The van der Waals surface area contributed by atoms with Crippen LogP contribution in [0.15, 0.2) is 18.2 Å². The van der Waals surface area contributed by atoms with Gasteiger partial charge in [-0.2, -0.15) is 0 Å². The number of hydrogen-bond donors (Lipinski definition) is 1. The molecule has 86 valence electrons. The molecule has 3 rings (SSSR count). The summed E-state index contributed by atoms with van der Waals surface area (Å²) in [6.07, 6.45) is 5.31. The fourth-order valence-electron chi connectivity index (χ4n) is 2.86. The summed E-state index contributed by atoms with van der Waals surface area (Å²) in [4.78, 5) is 0. The molecule has 16 heavy (non-hydrogen) atoms. The molecule has 0 bridgehead atoms. The number of fused-ring (bicyclic) bond motifs is 1. The first-order chi connectivity index (χ1) is 7.83. The highest BCUT2D eigenvalue weighted by Crippen LogP contribution is 2.34. The number of rotatable bonds is 2. The second-order valence-electron chi connectivity index (χ2n) is 5.12. The van der Waals surface area contributed by atoms with E-state index >= 15 is 0 Å². The van der Waals surface area contributed by atoms with Gasteiger partial charge in [-0.25, -0.2) is 0 Å². The minimum absolute atomic E-state index is 0.446. The van der Waals surface area contributed by atoms with Gasteiger partial charge in [0.25, 0.3) is 0 Å². The van der Waals surface area contributed by atoms with Crippen molar-refractivity contribution in [3.8, 4) is 5.75 Å². The summed E-state index contributed by atoms with van der Waals surface area (Å²) >= 11 is 0. The van der Waals surface area contributed by atoms with Crippen LogP contribution in [-0.2, 0) is 6.42 Å². The van der Waals surface area contributed by atoms with E-state index in [9.17, 15) is 0 Å². The molecule has 2 nitrogen and oxygen atoms in total. The third-order valence-corrected chi connectivity index (χ3v) is 3.76. The minimum atomic E-state index is 0.446.